The molecule has 1 N–H and O–H groups in total. The molecule has 2 heterocycles. The molecular formula is C9H12N2OS2. The van der Waals surface area contributed by atoms with Gasteiger partial charge in [0.05, 0.1) is 4.90 Å². The summed E-state index contributed by atoms with van der Waals surface area (Å²) in [4.78, 5) is 15.9. The highest BCUT2D eigenvalue weighted by molar-refractivity contribution is 8.00. The van der Waals surface area contributed by atoms with Gasteiger partial charge in [0.25, 0.3) is 5.56 Å². The van der Waals surface area contributed by atoms with E-state index in [-0.39, 0.29) is 5.56 Å². The molecule has 1 aliphatic heterocycles. The number of H-pyrrole nitrogens is 1. The summed E-state index contributed by atoms with van der Waals surface area (Å²) < 4.78 is 2.16. The quantitative estimate of drug-likeness (QED) is 0.747. The van der Waals surface area contributed by atoms with Crippen molar-refractivity contribution in [1.29, 1.82) is 0 Å². The van der Waals surface area contributed by atoms with Crippen molar-refractivity contribution >= 4 is 24.0 Å². The molecule has 1 aromatic heterocycles. The van der Waals surface area contributed by atoms with Crippen LogP contribution in [0.2, 0.25) is 0 Å². The third-order valence-corrected chi connectivity index (χ3v) is 3.89. The van der Waals surface area contributed by atoms with Crippen LogP contribution in [0.15, 0.2) is 9.69 Å². The van der Waals surface area contributed by atoms with Gasteiger partial charge in [-0.15, -0.1) is 11.8 Å². The molecular weight excluding hydrogens is 216 g/mol. The van der Waals surface area contributed by atoms with Gasteiger partial charge in [0.2, 0.25) is 0 Å². The van der Waals surface area contributed by atoms with Gasteiger partial charge in [0, 0.05) is 23.9 Å². The van der Waals surface area contributed by atoms with Gasteiger partial charge in [0.15, 0.2) is 4.77 Å². The van der Waals surface area contributed by atoms with Crippen molar-refractivity contribution in [3.05, 3.63) is 20.8 Å². The third kappa shape index (κ3) is 1.44. The van der Waals surface area contributed by atoms with Crippen LogP contribution in [0.25, 0.3) is 0 Å². The molecule has 0 fully saturated rings. The summed E-state index contributed by atoms with van der Waals surface area (Å²) in [7, 11) is 0. The molecule has 2 rings (SSSR count). The van der Waals surface area contributed by atoms with Gasteiger partial charge in [-0.2, -0.15) is 0 Å². The minimum absolute atomic E-state index is 0.0700. The fourth-order valence-electron chi connectivity index (χ4n) is 1.68. The summed E-state index contributed by atoms with van der Waals surface area (Å²) in [5, 5.41) is 0.482. The molecule has 1 aliphatic rings. The number of thioether (sulfide) groups is 1. The Labute approximate surface area is 91.5 Å². The highest BCUT2D eigenvalue weighted by Gasteiger charge is 2.23. The maximum Gasteiger partial charge on any atom is 0.268 e. The number of rotatable bonds is 1. The second-order valence-corrected chi connectivity index (χ2v) is 5.26. The van der Waals surface area contributed by atoms with Gasteiger partial charge in [-0.3, -0.25) is 9.36 Å². The van der Waals surface area contributed by atoms with Crippen molar-refractivity contribution in [2.45, 2.75) is 37.0 Å². The summed E-state index contributed by atoms with van der Waals surface area (Å²) in [6.07, 6.45) is 0.920. The van der Waals surface area contributed by atoms with Crippen LogP contribution in [-0.2, 0) is 13.0 Å². The average molecular weight is 228 g/mol. The Bertz CT molecular complexity index is 475. The monoisotopic (exact) mass is 228 g/mol. The topological polar surface area (TPSA) is 37.8 Å². The summed E-state index contributed by atoms with van der Waals surface area (Å²) in [5.41, 5.74) is 1.09. The van der Waals surface area contributed by atoms with Crippen LogP contribution in [0.1, 0.15) is 19.5 Å². The number of nitrogens with one attached hydrogen (secondary N) is 1. The van der Waals surface area contributed by atoms with Crippen LogP contribution >= 0.6 is 24.0 Å². The van der Waals surface area contributed by atoms with Crippen LogP contribution in [0, 0.1) is 4.77 Å². The predicted octanol–water partition coefficient (Wildman–Crippen LogP) is 1.96. The molecule has 14 heavy (non-hydrogen) atoms. The molecule has 0 saturated carbocycles. The first-order valence-corrected chi connectivity index (χ1v) is 5.95. The predicted molar refractivity (Wildman–Crippen MR) is 60.6 cm³/mol. The van der Waals surface area contributed by atoms with Crippen LogP contribution in [-0.4, -0.2) is 14.8 Å². The van der Waals surface area contributed by atoms with E-state index in [9.17, 15) is 4.79 Å². The maximum absolute atomic E-state index is 11.9. The van der Waals surface area contributed by atoms with E-state index < -0.39 is 0 Å². The normalized spacial score (nSPS) is 19.7. The summed E-state index contributed by atoms with van der Waals surface area (Å²) in [5.74, 6) is 0. The fourth-order valence-corrected chi connectivity index (χ4v) is 3.16. The second kappa shape index (κ2) is 3.55. The molecule has 76 valence electrons. The molecule has 0 unspecified atom stereocenters. The van der Waals surface area contributed by atoms with Gasteiger partial charge in [-0.1, -0.05) is 6.92 Å². The van der Waals surface area contributed by atoms with E-state index in [1.165, 1.54) is 0 Å². The van der Waals surface area contributed by atoms with E-state index in [1.807, 2.05) is 6.92 Å². The van der Waals surface area contributed by atoms with Crippen LogP contribution in [0.3, 0.4) is 0 Å². The molecule has 1 aromatic rings. The van der Waals surface area contributed by atoms with E-state index in [0.29, 0.717) is 16.6 Å². The van der Waals surface area contributed by atoms with Gasteiger partial charge in [-0.25, -0.2) is 0 Å². The van der Waals surface area contributed by atoms with Crippen molar-refractivity contribution in [2.75, 3.05) is 0 Å². The van der Waals surface area contributed by atoms with E-state index in [0.717, 1.165) is 17.0 Å². The Kier molecular flexibility index (Phi) is 2.53. The van der Waals surface area contributed by atoms with Crippen molar-refractivity contribution < 1.29 is 0 Å². The van der Waals surface area contributed by atoms with E-state index in [4.69, 9.17) is 12.2 Å². The van der Waals surface area contributed by atoms with Gasteiger partial charge < -0.3 is 4.98 Å². The van der Waals surface area contributed by atoms with Crippen molar-refractivity contribution in [1.82, 2.24) is 9.55 Å². The number of aromatic nitrogens is 2. The average Bonchev–Trinajstić information content (AvgIpc) is 2.47. The molecule has 1 atom stereocenters. The van der Waals surface area contributed by atoms with Crippen molar-refractivity contribution in [3.63, 3.8) is 0 Å². The molecule has 0 aliphatic carbocycles. The summed E-state index contributed by atoms with van der Waals surface area (Å²) in [6.45, 7) is 4.69. The second-order valence-electron chi connectivity index (χ2n) is 3.42. The van der Waals surface area contributed by atoms with Crippen molar-refractivity contribution in [2.24, 2.45) is 0 Å². The summed E-state index contributed by atoms with van der Waals surface area (Å²) in [6, 6.07) is 0. The fraction of sp³-hybridized carbons (Fsp3) is 0.556. The standard InChI is InChI=1S/C9H12N2OS2/c1-3-11-8(12)7-6(10-9(11)13)4-5(2)14-7/h5H,3-4H2,1-2H3,(H,10,13)/t5-/m0/s1. The highest BCUT2D eigenvalue weighted by atomic mass is 32.2. The zero-order valence-corrected chi connectivity index (χ0v) is 9.80. The van der Waals surface area contributed by atoms with E-state index in [2.05, 4.69) is 11.9 Å². The first-order chi connectivity index (χ1) is 6.63. The first kappa shape index (κ1) is 9.98. The highest BCUT2D eigenvalue weighted by Crippen LogP contribution is 2.32. The van der Waals surface area contributed by atoms with E-state index in [1.54, 1.807) is 16.3 Å². The molecule has 0 radical (unpaired) electrons. The SMILES string of the molecule is CCn1c(=S)[nH]c2c(c1=O)S[C@@H](C)C2. The molecule has 5 heteroatoms. The van der Waals surface area contributed by atoms with Crippen LogP contribution in [0.4, 0.5) is 0 Å². The zero-order chi connectivity index (χ0) is 10.3. The number of fused-ring (bicyclic) bond motifs is 1. The minimum atomic E-state index is 0.0700. The van der Waals surface area contributed by atoms with Crippen LogP contribution in [0.5, 0.6) is 0 Å². The molecule has 0 saturated heterocycles. The molecule has 0 amide bonds. The Morgan fingerprint density at radius 1 is 1.71 bits per heavy atom. The molecule has 0 spiro atoms. The lowest BCUT2D eigenvalue weighted by Gasteiger charge is -2.04. The number of nitrogens with zero attached hydrogens (tertiary/aromatic N) is 1. The van der Waals surface area contributed by atoms with Gasteiger partial charge >= 0.3 is 0 Å². The Morgan fingerprint density at radius 2 is 2.43 bits per heavy atom. The number of hydrogen-bond donors (Lipinski definition) is 1. The van der Waals surface area contributed by atoms with Crippen LogP contribution < -0.4 is 5.56 Å². The molecule has 0 aromatic carbocycles. The van der Waals surface area contributed by atoms with Crippen molar-refractivity contribution in [3.8, 4) is 0 Å². The third-order valence-electron chi connectivity index (χ3n) is 2.34. The first-order valence-electron chi connectivity index (χ1n) is 4.66. The lowest BCUT2D eigenvalue weighted by molar-refractivity contribution is 0.664. The zero-order valence-electron chi connectivity index (χ0n) is 8.16. The van der Waals surface area contributed by atoms with Gasteiger partial charge in [-0.05, 0) is 19.1 Å². The van der Waals surface area contributed by atoms with E-state index >= 15 is 0 Å². The Morgan fingerprint density at radius 3 is 3.07 bits per heavy atom. The molecule has 3 nitrogen and oxygen atoms in total. The number of hydrogen-bond acceptors (Lipinski definition) is 3. The Hall–Kier alpha value is -0.550. The smallest absolute Gasteiger partial charge is 0.268 e. The molecule has 0 bridgehead atoms. The Balaban J connectivity index is 2.69. The largest absolute Gasteiger partial charge is 0.335 e. The van der Waals surface area contributed by atoms with Gasteiger partial charge in [0.1, 0.15) is 0 Å². The lowest BCUT2D eigenvalue weighted by Crippen LogP contribution is -2.23. The summed E-state index contributed by atoms with van der Waals surface area (Å²) >= 11 is 6.76. The minimum Gasteiger partial charge on any atom is -0.335 e. The number of aromatic amines is 1. The lowest BCUT2D eigenvalue weighted by atomic mass is 10.2. The maximum atomic E-state index is 11.9.